The Balaban J connectivity index is 1.70. The summed E-state index contributed by atoms with van der Waals surface area (Å²) in [6.45, 7) is 6.12. The smallest absolute Gasteiger partial charge is 0.222 e. The second-order valence-corrected chi connectivity index (χ2v) is 6.02. The Morgan fingerprint density at radius 1 is 1.38 bits per heavy atom. The second-order valence-electron chi connectivity index (χ2n) is 6.02. The third-order valence-corrected chi connectivity index (χ3v) is 4.52. The van der Waals surface area contributed by atoms with E-state index in [2.05, 4.69) is 17.9 Å². The number of hydrogen-bond acceptors (Lipinski definition) is 4. The van der Waals surface area contributed by atoms with Gasteiger partial charge in [-0.25, -0.2) is 0 Å². The van der Waals surface area contributed by atoms with Crippen LogP contribution in [-0.2, 0) is 9.53 Å². The van der Waals surface area contributed by atoms with E-state index in [1.54, 1.807) is 0 Å². The summed E-state index contributed by atoms with van der Waals surface area (Å²) < 4.78 is 5.57. The third-order valence-electron chi connectivity index (χ3n) is 4.52. The maximum Gasteiger partial charge on any atom is 0.222 e. The van der Waals surface area contributed by atoms with Crippen LogP contribution in [-0.4, -0.2) is 60.6 Å². The van der Waals surface area contributed by atoms with Crippen LogP contribution < -0.4 is 0 Å². The standard InChI is InChI=1S/C16H27N3O2/c1-2-4-14(13-17)18-8-10-19(11-9-18)16(20)7-6-15-5-3-12-21-15/h14-15H,2-12H2,1H3. The molecule has 2 saturated heterocycles. The summed E-state index contributed by atoms with van der Waals surface area (Å²) in [6.07, 6.45) is 5.92. The second kappa shape index (κ2) is 8.35. The molecule has 21 heavy (non-hydrogen) atoms. The van der Waals surface area contributed by atoms with Crippen molar-refractivity contribution in [2.45, 2.75) is 57.6 Å². The van der Waals surface area contributed by atoms with Crippen molar-refractivity contribution in [3.63, 3.8) is 0 Å². The molecule has 0 spiro atoms. The molecule has 0 N–H and O–H groups in total. The molecule has 0 radical (unpaired) electrons. The topological polar surface area (TPSA) is 56.6 Å². The first-order valence-electron chi connectivity index (χ1n) is 8.27. The van der Waals surface area contributed by atoms with Crippen molar-refractivity contribution in [3.8, 4) is 6.07 Å². The maximum absolute atomic E-state index is 12.2. The van der Waals surface area contributed by atoms with Gasteiger partial charge in [-0.15, -0.1) is 0 Å². The van der Waals surface area contributed by atoms with Crippen LogP contribution in [0.15, 0.2) is 0 Å². The Morgan fingerprint density at radius 2 is 2.14 bits per heavy atom. The zero-order chi connectivity index (χ0) is 15.1. The molecule has 0 aromatic heterocycles. The van der Waals surface area contributed by atoms with Crippen LogP contribution in [0.25, 0.3) is 0 Å². The minimum atomic E-state index is 0.0131. The molecule has 2 fully saturated rings. The SMILES string of the molecule is CCCC(C#N)N1CCN(C(=O)CCC2CCCO2)CC1. The van der Waals surface area contributed by atoms with Gasteiger partial charge < -0.3 is 9.64 Å². The van der Waals surface area contributed by atoms with Crippen LogP contribution in [0.4, 0.5) is 0 Å². The highest BCUT2D eigenvalue weighted by atomic mass is 16.5. The lowest BCUT2D eigenvalue weighted by Gasteiger charge is -2.37. The number of carbonyl (C=O) groups is 1. The first-order chi connectivity index (χ1) is 10.2. The molecule has 5 nitrogen and oxygen atoms in total. The van der Waals surface area contributed by atoms with E-state index in [0.717, 1.165) is 64.9 Å². The van der Waals surface area contributed by atoms with E-state index in [9.17, 15) is 10.1 Å². The molecule has 2 rings (SSSR count). The Hall–Kier alpha value is -1.12. The number of nitrogens with zero attached hydrogens (tertiary/aromatic N) is 3. The number of piperazine rings is 1. The fourth-order valence-electron chi connectivity index (χ4n) is 3.20. The minimum Gasteiger partial charge on any atom is -0.378 e. The predicted octanol–water partition coefficient (Wildman–Crippen LogP) is 1.78. The highest BCUT2D eigenvalue weighted by molar-refractivity contribution is 5.76. The lowest BCUT2D eigenvalue weighted by Crippen LogP contribution is -2.51. The minimum absolute atomic E-state index is 0.0131. The van der Waals surface area contributed by atoms with E-state index in [1.165, 1.54) is 0 Å². The number of ether oxygens (including phenoxy) is 1. The predicted molar refractivity (Wildman–Crippen MR) is 80.7 cm³/mol. The quantitative estimate of drug-likeness (QED) is 0.749. The highest BCUT2D eigenvalue weighted by Gasteiger charge is 2.26. The zero-order valence-corrected chi connectivity index (χ0v) is 13.1. The van der Waals surface area contributed by atoms with Gasteiger partial charge in [0.05, 0.1) is 18.2 Å². The molecule has 0 bridgehead atoms. The van der Waals surface area contributed by atoms with E-state index in [1.807, 2.05) is 4.90 Å². The fourth-order valence-corrected chi connectivity index (χ4v) is 3.20. The molecule has 2 unspecified atom stereocenters. The summed E-state index contributed by atoms with van der Waals surface area (Å²) in [4.78, 5) is 16.4. The number of rotatable bonds is 6. The van der Waals surface area contributed by atoms with Crippen LogP contribution in [0.3, 0.4) is 0 Å². The van der Waals surface area contributed by atoms with Gasteiger partial charge in [-0.3, -0.25) is 9.69 Å². The molecule has 0 aliphatic carbocycles. The fraction of sp³-hybridized carbons (Fsp3) is 0.875. The Labute approximate surface area is 127 Å². The van der Waals surface area contributed by atoms with E-state index in [4.69, 9.17) is 4.74 Å². The van der Waals surface area contributed by atoms with Gasteiger partial charge in [0, 0.05) is 39.2 Å². The van der Waals surface area contributed by atoms with Gasteiger partial charge >= 0.3 is 0 Å². The summed E-state index contributed by atoms with van der Waals surface area (Å²) in [7, 11) is 0. The van der Waals surface area contributed by atoms with Gasteiger partial charge in [-0.05, 0) is 25.7 Å². The van der Waals surface area contributed by atoms with Crippen LogP contribution in [0.1, 0.15) is 45.4 Å². The Morgan fingerprint density at radius 3 is 2.71 bits per heavy atom. The molecule has 0 aromatic rings. The molecular formula is C16H27N3O2. The average molecular weight is 293 g/mol. The van der Waals surface area contributed by atoms with Crippen LogP contribution in [0.5, 0.6) is 0 Å². The first-order valence-corrected chi connectivity index (χ1v) is 8.27. The van der Waals surface area contributed by atoms with Crippen molar-refractivity contribution in [3.05, 3.63) is 0 Å². The largest absolute Gasteiger partial charge is 0.378 e. The molecule has 2 aliphatic rings. The molecule has 1 amide bonds. The highest BCUT2D eigenvalue weighted by Crippen LogP contribution is 2.18. The number of hydrogen-bond donors (Lipinski definition) is 0. The van der Waals surface area contributed by atoms with Gasteiger partial charge in [0.15, 0.2) is 0 Å². The lowest BCUT2D eigenvalue weighted by atomic mass is 10.1. The van der Waals surface area contributed by atoms with E-state index >= 15 is 0 Å². The van der Waals surface area contributed by atoms with Gasteiger partial charge in [0.1, 0.15) is 0 Å². The molecule has 2 heterocycles. The van der Waals surface area contributed by atoms with Crippen molar-refractivity contribution in [1.82, 2.24) is 9.80 Å². The molecule has 118 valence electrons. The lowest BCUT2D eigenvalue weighted by molar-refractivity contribution is -0.133. The van der Waals surface area contributed by atoms with Crippen LogP contribution in [0, 0.1) is 11.3 Å². The average Bonchev–Trinajstić information content (AvgIpc) is 3.04. The van der Waals surface area contributed by atoms with Gasteiger partial charge in [-0.1, -0.05) is 13.3 Å². The van der Waals surface area contributed by atoms with E-state index < -0.39 is 0 Å². The molecule has 0 aromatic carbocycles. The first kappa shape index (κ1) is 16.3. The van der Waals surface area contributed by atoms with Crippen molar-refractivity contribution in [2.75, 3.05) is 32.8 Å². The summed E-state index contributed by atoms with van der Waals surface area (Å²) in [6, 6.07) is 2.40. The summed E-state index contributed by atoms with van der Waals surface area (Å²) in [5, 5.41) is 9.20. The van der Waals surface area contributed by atoms with Crippen LogP contribution in [0.2, 0.25) is 0 Å². The molecule has 2 aliphatic heterocycles. The summed E-state index contributed by atoms with van der Waals surface area (Å²) in [5.41, 5.74) is 0. The monoisotopic (exact) mass is 293 g/mol. The zero-order valence-electron chi connectivity index (χ0n) is 13.1. The molecule has 0 saturated carbocycles. The van der Waals surface area contributed by atoms with Crippen LogP contribution >= 0.6 is 0 Å². The molecule has 2 atom stereocenters. The molecular weight excluding hydrogens is 266 g/mol. The summed E-state index contributed by atoms with van der Waals surface area (Å²) in [5.74, 6) is 0.245. The Kier molecular flexibility index (Phi) is 6.47. The third kappa shape index (κ3) is 4.69. The van der Waals surface area contributed by atoms with Gasteiger partial charge in [0.25, 0.3) is 0 Å². The van der Waals surface area contributed by atoms with Gasteiger partial charge in [-0.2, -0.15) is 5.26 Å². The van der Waals surface area contributed by atoms with Crippen molar-refractivity contribution in [2.24, 2.45) is 0 Å². The maximum atomic E-state index is 12.2. The summed E-state index contributed by atoms with van der Waals surface area (Å²) >= 11 is 0. The number of carbonyl (C=O) groups excluding carboxylic acids is 1. The van der Waals surface area contributed by atoms with E-state index in [-0.39, 0.29) is 11.9 Å². The van der Waals surface area contributed by atoms with Gasteiger partial charge in [0.2, 0.25) is 5.91 Å². The van der Waals surface area contributed by atoms with E-state index in [0.29, 0.717) is 12.5 Å². The number of amides is 1. The Bertz CT molecular complexity index is 366. The molecule has 5 heteroatoms. The van der Waals surface area contributed by atoms with Crippen molar-refractivity contribution >= 4 is 5.91 Å². The van der Waals surface area contributed by atoms with Crippen molar-refractivity contribution in [1.29, 1.82) is 5.26 Å². The van der Waals surface area contributed by atoms with Crippen molar-refractivity contribution < 1.29 is 9.53 Å². The number of nitriles is 1. The normalized spacial score (nSPS) is 24.8.